The summed E-state index contributed by atoms with van der Waals surface area (Å²) in [5, 5.41) is 2.26. The summed E-state index contributed by atoms with van der Waals surface area (Å²) in [6.45, 7) is 0. The van der Waals surface area contributed by atoms with Gasteiger partial charge in [0.15, 0.2) is 17.5 Å². The molecule has 0 bridgehead atoms. The first-order chi connectivity index (χ1) is 30.8. The van der Waals surface area contributed by atoms with E-state index in [1.807, 2.05) is 18.2 Å². The van der Waals surface area contributed by atoms with Crippen molar-refractivity contribution in [3.05, 3.63) is 241 Å². The third-order valence-corrected chi connectivity index (χ3v) is 13.1. The number of hydrogen-bond acceptors (Lipinski definition) is 3. The van der Waals surface area contributed by atoms with Crippen LogP contribution in [0.4, 0.5) is 0 Å². The molecule has 0 saturated heterocycles. The van der Waals surface area contributed by atoms with E-state index < -0.39 is 5.41 Å². The van der Waals surface area contributed by atoms with Crippen molar-refractivity contribution in [2.45, 2.75) is 5.41 Å². The smallest absolute Gasteiger partial charge is 0.164 e. The highest BCUT2D eigenvalue weighted by molar-refractivity contribution is 6.15. The molecule has 4 nitrogen and oxygen atoms in total. The van der Waals surface area contributed by atoms with E-state index in [2.05, 4.69) is 205 Å². The third kappa shape index (κ3) is 4.86. The summed E-state index contributed by atoms with van der Waals surface area (Å²) in [5.41, 5.74) is 18.6. The van der Waals surface area contributed by atoms with Crippen LogP contribution in [0.25, 0.3) is 95.0 Å². The van der Waals surface area contributed by atoms with E-state index in [9.17, 15) is 0 Å². The number of fused-ring (bicyclic) bond motifs is 13. The number of benzene rings is 9. The Morgan fingerprint density at radius 3 is 1.44 bits per heavy atom. The van der Waals surface area contributed by atoms with Gasteiger partial charge in [0, 0.05) is 33.2 Å². The Kier molecular flexibility index (Phi) is 7.49. The largest absolute Gasteiger partial charge is 0.309 e. The highest BCUT2D eigenvalue weighted by atomic mass is 15.0. The topological polar surface area (TPSA) is 43.6 Å². The van der Waals surface area contributed by atoms with E-state index in [-0.39, 0.29) is 0 Å². The van der Waals surface area contributed by atoms with Gasteiger partial charge in [0.05, 0.1) is 16.4 Å². The summed E-state index contributed by atoms with van der Waals surface area (Å²) >= 11 is 0. The van der Waals surface area contributed by atoms with Crippen molar-refractivity contribution >= 4 is 21.8 Å². The molecule has 62 heavy (non-hydrogen) atoms. The molecule has 9 aromatic carbocycles. The molecule has 0 aliphatic heterocycles. The van der Waals surface area contributed by atoms with Gasteiger partial charge in [-0.25, -0.2) is 15.0 Å². The Morgan fingerprint density at radius 1 is 0.306 bits per heavy atom. The number of aromatic nitrogens is 4. The molecule has 0 amide bonds. The Labute approximate surface area is 359 Å². The maximum Gasteiger partial charge on any atom is 0.164 e. The lowest BCUT2D eigenvalue weighted by Gasteiger charge is -2.32. The Bertz CT molecular complexity index is 3500. The van der Waals surface area contributed by atoms with Gasteiger partial charge in [0.1, 0.15) is 0 Å². The van der Waals surface area contributed by atoms with Crippen molar-refractivity contribution in [1.82, 2.24) is 19.5 Å². The van der Waals surface area contributed by atoms with Crippen molar-refractivity contribution in [2.24, 2.45) is 0 Å². The van der Waals surface area contributed by atoms with Gasteiger partial charge in [-0.1, -0.05) is 194 Å². The molecule has 0 unspecified atom stereocenters. The van der Waals surface area contributed by atoms with Crippen LogP contribution in [0.15, 0.2) is 218 Å². The molecule has 4 heteroatoms. The minimum absolute atomic E-state index is 0.438. The number of nitrogens with zero attached hydrogens (tertiary/aromatic N) is 4. The van der Waals surface area contributed by atoms with Gasteiger partial charge in [-0.05, 0) is 79.9 Å². The van der Waals surface area contributed by atoms with Gasteiger partial charge in [0.25, 0.3) is 0 Å². The second-order valence-corrected chi connectivity index (χ2v) is 16.3. The van der Waals surface area contributed by atoms with Crippen LogP contribution >= 0.6 is 0 Å². The van der Waals surface area contributed by atoms with Gasteiger partial charge in [-0.15, -0.1) is 0 Å². The predicted octanol–water partition coefficient (Wildman–Crippen LogP) is 14.0. The molecular formula is C58H36N4. The quantitative estimate of drug-likeness (QED) is 0.174. The van der Waals surface area contributed by atoms with Crippen LogP contribution in [0.2, 0.25) is 0 Å². The lowest BCUT2D eigenvalue weighted by atomic mass is 9.68. The fourth-order valence-electron chi connectivity index (χ4n) is 10.6. The highest BCUT2D eigenvalue weighted by Gasteiger charge is 2.52. The zero-order valence-corrected chi connectivity index (χ0v) is 33.6. The van der Waals surface area contributed by atoms with Crippen LogP contribution < -0.4 is 0 Å². The molecule has 0 fully saturated rings. The molecule has 0 radical (unpaired) electrons. The van der Waals surface area contributed by atoms with Gasteiger partial charge in [-0.3, -0.25) is 0 Å². The van der Waals surface area contributed by atoms with Gasteiger partial charge in [-0.2, -0.15) is 0 Å². The summed E-state index contributed by atoms with van der Waals surface area (Å²) in [6, 6.07) is 78.4. The molecule has 0 atom stereocenters. The number of para-hydroxylation sites is 2. The molecule has 1 spiro atoms. The van der Waals surface area contributed by atoms with Crippen LogP contribution in [-0.4, -0.2) is 19.5 Å². The zero-order valence-electron chi connectivity index (χ0n) is 33.6. The van der Waals surface area contributed by atoms with Crippen LogP contribution in [0.1, 0.15) is 22.3 Å². The highest BCUT2D eigenvalue weighted by Crippen LogP contribution is 2.64. The van der Waals surface area contributed by atoms with E-state index >= 15 is 0 Å². The molecular weight excluding hydrogens is 753 g/mol. The molecule has 2 aromatic heterocycles. The van der Waals surface area contributed by atoms with E-state index in [1.165, 1.54) is 50.1 Å². The summed E-state index contributed by atoms with van der Waals surface area (Å²) < 4.78 is 2.33. The lowest BCUT2D eigenvalue weighted by Crippen LogP contribution is -2.26. The second kappa shape index (κ2) is 13.4. The van der Waals surface area contributed by atoms with Crippen LogP contribution in [0.5, 0.6) is 0 Å². The molecule has 2 heterocycles. The molecule has 2 aliphatic carbocycles. The zero-order chi connectivity index (χ0) is 40.8. The van der Waals surface area contributed by atoms with Crippen molar-refractivity contribution < 1.29 is 0 Å². The van der Waals surface area contributed by atoms with Gasteiger partial charge < -0.3 is 4.57 Å². The summed E-state index contributed by atoms with van der Waals surface area (Å²) in [5.74, 6) is 1.90. The van der Waals surface area contributed by atoms with Crippen LogP contribution in [-0.2, 0) is 5.41 Å². The Hall–Kier alpha value is -8.21. The maximum absolute atomic E-state index is 5.30. The molecule has 11 aromatic rings. The molecule has 0 saturated carbocycles. The number of hydrogen-bond donors (Lipinski definition) is 0. The molecule has 13 rings (SSSR count). The SMILES string of the molecule is c1ccc(-c2nc(-c3ccc(-c4cccc5c4C4(c6ccccc6-c6ccccc64)c4ccccc4-5)cc3)nc(-c3cccc4c3c3ccccc3n4-c3ccccc3)n2)cc1. The van der Waals surface area contributed by atoms with E-state index in [1.54, 1.807) is 0 Å². The third-order valence-electron chi connectivity index (χ3n) is 13.1. The van der Waals surface area contributed by atoms with Gasteiger partial charge in [0.2, 0.25) is 0 Å². The normalized spacial score (nSPS) is 13.0. The fourth-order valence-corrected chi connectivity index (χ4v) is 10.6. The standard InChI is InChI=1S/C58H36N4/c1-3-17-38(18-4-1)55-59-56(61-57(60-55)47-27-16-32-52-53(47)46-24-10-14-31-51(46)62(52)40-19-5-2-6-20-40)39-35-33-37(34-36-39)41-25-15-26-45-44-23-9-13-30-50(44)58(54(41)45)48-28-11-7-21-42(48)43-22-8-12-29-49(43)58/h1-36H. The first-order valence-electron chi connectivity index (χ1n) is 21.2. The second-order valence-electron chi connectivity index (χ2n) is 16.3. The molecule has 2 aliphatic rings. The average Bonchev–Trinajstić information content (AvgIpc) is 3.97. The minimum atomic E-state index is -0.438. The van der Waals surface area contributed by atoms with E-state index in [0.29, 0.717) is 17.5 Å². The molecule has 288 valence electrons. The van der Waals surface area contributed by atoms with Crippen LogP contribution in [0, 0.1) is 0 Å². The summed E-state index contributed by atoms with van der Waals surface area (Å²) in [4.78, 5) is 15.7. The van der Waals surface area contributed by atoms with E-state index in [4.69, 9.17) is 15.0 Å². The first kappa shape index (κ1) is 34.6. The monoisotopic (exact) mass is 788 g/mol. The predicted molar refractivity (Wildman–Crippen MR) is 252 cm³/mol. The van der Waals surface area contributed by atoms with E-state index in [0.717, 1.165) is 49.7 Å². The Morgan fingerprint density at radius 2 is 0.758 bits per heavy atom. The van der Waals surface area contributed by atoms with Crippen LogP contribution in [0.3, 0.4) is 0 Å². The first-order valence-corrected chi connectivity index (χ1v) is 21.2. The summed E-state index contributed by atoms with van der Waals surface area (Å²) in [6.07, 6.45) is 0. The minimum Gasteiger partial charge on any atom is -0.309 e. The summed E-state index contributed by atoms with van der Waals surface area (Å²) in [7, 11) is 0. The van der Waals surface area contributed by atoms with Gasteiger partial charge >= 0.3 is 0 Å². The average molecular weight is 789 g/mol. The van der Waals surface area contributed by atoms with Crippen molar-refractivity contribution in [3.8, 4) is 73.2 Å². The molecule has 0 N–H and O–H groups in total. The van der Waals surface area contributed by atoms with Crippen molar-refractivity contribution in [2.75, 3.05) is 0 Å². The van der Waals surface area contributed by atoms with Crippen molar-refractivity contribution in [3.63, 3.8) is 0 Å². The Balaban J connectivity index is 0.991. The number of rotatable bonds is 5. The lowest BCUT2D eigenvalue weighted by molar-refractivity contribution is 0.796. The maximum atomic E-state index is 5.30. The van der Waals surface area contributed by atoms with Crippen molar-refractivity contribution in [1.29, 1.82) is 0 Å². The fraction of sp³-hybridized carbons (Fsp3) is 0.0172.